The number of benzene rings is 6. The minimum atomic E-state index is -1.48. The van der Waals surface area contributed by atoms with Gasteiger partial charge in [-0.25, -0.2) is 6.57 Å². The molecule has 0 unspecified atom stereocenters. The van der Waals surface area contributed by atoms with Gasteiger partial charge in [0.15, 0.2) is 6.07 Å². The van der Waals surface area contributed by atoms with Gasteiger partial charge in [-0.1, -0.05) is 84.9 Å². The predicted octanol–water partition coefficient (Wildman–Crippen LogP) is 10.3. The molecule has 0 heterocycles. The standard InChI is InChI=1S/C39H26N4/c1-41-39(28-40)37-26-33(42(29-14-6-2-7-15-29)30-16-8-3-9-17-30)22-24-35(37)36-25-23-34(27-38(36)39)43(31-18-10-4-11-19-31)32-20-12-5-13-21-32/h2-27H. The van der Waals surface area contributed by atoms with Crippen LogP contribution in [-0.2, 0) is 5.54 Å². The molecule has 0 aliphatic heterocycles. The number of nitrogens with zero attached hydrogens (tertiary/aromatic N) is 4. The summed E-state index contributed by atoms with van der Waals surface area (Å²) in [5.41, 5.74) is 7.53. The lowest BCUT2D eigenvalue weighted by Gasteiger charge is -2.26. The van der Waals surface area contributed by atoms with Crippen molar-refractivity contribution in [1.29, 1.82) is 5.26 Å². The smallest absolute Gasteiger partial charge is 0.310 e. The van der Waals surface area contributed by atoms with E-state index in [1.54, 1.807) is 0 Å². The van der Waals surface area contributed by atoms with Crippen LogP contribution in [0.4, 0.5) is 34.1 Å². The molecule has 202 valence electrons. The average molecular weight is 551 g/mol. The molecule has 0 fully saturated rings. The van der Waals surface area contributed by atoms with Crippen molar-refractivity contribution in [1.82, 2.24) is 0 Å². The fourth-order valence-electron chi connectivity index (χ4n) is 6.02. The monoisotopic (exact) mass is 550 g/mol. The molecule has 0 atom stereocenters. The van der Waals surface area contributed by atoms with Crippen molar-refractivity contribution >= 4 is 34.1 Å². The maximum absolute atomic E-state index is 10.7. The zero-order valence-electron chi connectivity index (χ0n) is 23.3. The molecule has 7 rings (SSSR count). The highest BCUT2D eigenvalue weighted by atomic mass is 15.1. The van der Waals surface area contributed by atoms with E-state index in [0.29, 0.717) is 11.1 Å². The summed E-state index contributed by atoms with van der Waals surface area (Å²) < 4.78 is 0. The van der Waals surface area contributed by atoms with Gasteiger partial charge in [-0.3, -0.25) is 4.85 Å². The van der Waals surface area contributed by atoms with E-state index in [0.717, 1.165) is 45.3 Å². The SMILES string of the molecule is [C-]#[N+]C1(C#N)c2cc(N(c3ccccc3)c3ccccc3)ccc2-c2ccc(N(c3ccccc3)c3ccccc3)cc21. The summed E-state index contributed by atoms with van der Waals surface area (Å²) in [6, 6.07) is 55.4. The molecule has 0 bridgehead atoms. The van der Waals surface area contributed by atoms with Crippen molar-refractivity contribution in [3.8, 4) is 17.2 Å². The molecule has 0 N–H and O–H groups in total. The van der Waals surface area contributed by atoms with Crippen molar-refractivity contribution in [2.45, 2.75) is 5.54 Å². The normalized spacial score (nSPS) is 12.3. The Labute approximate surface area is 251 Å². The quantitative estimate of drug-likeness (QED) is 0.194. The van der Waals surface area contributed by atoms with Crippen LogP contribution < -0.4 is 9.80 Å². The molecule has 0 amide bonds. The van der Waals surface area contributed by atoms with E-state index < -0.39 is 5.54 Å². The van der Waals surface area contributed by atoms with Crippen molar-refractivity contribution < 1.29 is 0 Å². The first-order valence-corrected chi connectivity index (χ1v) is 14.1. The molecule has 4 heteroatoms. The van der Waals surface area contributed by atoms with Crippen LogP contribution in [0.25, 0.3) is 16.0 Å². The summed E-state index contributed by atoms with van der Waals surface area (Å²) in [5, 5.41) is 10.7. The number of para-hydroxylation sites is 4. The second-order valence-electron chi connectivity index (χ2n) is 10.4. The molecule has 1 aliphatic rings. The third kappa shape index (κ3) is 4.30. The van der Waals surface area contributed by atoms with Crippen molar-refractivity contribution in [3.63, 3.8) is 0 Å². The van der Waals surface area contributed by atoms with Crippen molar-refractivity contribution in [3.05, 3.63) is 180 Å². The molecule has 6 aromatic rings. The minimum Gasteiger partial charge on any atom is -0.310 e. The highest BCUT2D eigenvalue weighted by Gasteiger charge is 2.51. The second-order valence-corrected chi connectivity index (χ2v) is 10.4. The predicted molar refractivity (Wildman–Crippen MR) is 174 cm³/mol. The van der Waals surface area contributed by atoms with Gasteiger partial charge in [0, 0.05) is 34.1 Å². The van der Waals surface area contributed by atoms with E-state index in [9.17, 15) is 5.26 Å². The van der Waals surface area contributed by atoms with Crippen LogP contribution in [0.3, 0.4) is 0 Å². The summed E-state index contributed by atoms with van der Waals surface area (Å²) in [6.07, 6.45) is 0. The average Bonchev–Trinajstić information content (AvgIpc) is 3.36. The van der Waals surface area contributed by atoms with E-state index in [1.165, 1.54) is 0 Å². The topological polar surface area (TPSA) is 34.6 Å². The Balaban J connectivity index is 1.40. The first kappa shape index (κ1) is 25.8. The molecular weight excluding hydrogens is 524 g/mol. The van der Waals surface area contributed by atoms with E-state index in [4.69, 9.17) is 6.57 Å². The van der Waals surface area contributed by atoms with E-state index >= 15 is 0 Å². The largest absolute Gasteiger partial charge is 0.367 e. The van der Waals surface area contributed by atoms with Crippen LogP contribution in [0.5, 0.6) is 0 Å². The van der Waals surface area contributed by atoms with Crippen LogP contribution in [0.15, 0.2) is 158 Å². The summed E-state index contributed by atoms with van der Waals surface area (Å²) in [6.45, 7) is 8.40. The molecule has 0 aromatic heterocycles. The molecule has 43 heavy (non-hydrogen) atoms. The number of nitriles is 1. The molecule has 1 aliphatic carbocycles. The number of rotatable bonds is 6. The lowest BCUT2D eigenvalue weighted by Crippen LogP contribution is -2.19. The van der Waals surface area contributed by atoms with E-state index in [2.05, 4.69) is 93.5 Å². The molecule has 4 nitrogen and oxygen atoms in total. The number of hydrogen-bond acceptors (Lipinski definition) is 3. The third-order valence-corrected chi connectivity index (χ3v) is 7.98. The molecule has 0 saturated carbocycles. The van der Waals surface area contributed by atoms with Crippen LogP contribution in [0.2, 0.25) is 0 Å². The highest BCUT2D eigenvalue weighted by molar-refractivity contribution is 5.90. The van der Waals surface area contributed by atoms with Crippen molar-refractivity contribution in [2.24, 2.45) is 0 Å². The Kier molecular flexibility index (Phi) is 6.44. The van der Waals surface area contributed by atoms with Crippen LogP contribution >= 0.6 is 0 Å². The van der Waals surface area contributed by atoms with Gasteiger partial charge in [0.1, 0.15) is 0 Å². The second kappa shape index (κ2) is 10.7. The molecular formula is C39H26N4. The molecule has 0 spiro atoms. The number of anilines is 6. The van der Waals surface area contributed by atoms with Gasteiger partial charge in [0.05, 0.1) is 11.1 Å². The van der Waals surface area contributed by atoms with E-state index in [-0.39, 0.29) is 0 Å². The lowest BCUT2D eigenvalue weighted by molar-refractivity contribution is 0.854. The van der Waals surface area contributed by atoms with Crippen LogP contribution in [0.1, 0.15) is 11.1 Å². The Hall–Kier alpha value is -6.10. The Morgan fingerprint density at radius 1 is 0.465 bits per heavy atom. The maximum atomic E-state index is 10.7. The first-order chi connectivity index (χ1) is 21.2. The van der Waals surface area contributed by atoms with Crippen LogP contribution in [-0.4, -0.2) is 0 Å². The lowest BCUT2D eigenvalue weighted by atomic mass is 9.89. The maximum Gasteiger partial charge on any atom is 0.367 e. The molecule has 6 aromatic carbocycles. The van der Waals surface area contributed by atoms with Gasteiger partial charge < -0.3 is 9.80 Å². The van der Waals surface area contributed by atoms with Gasteiger partial charge in [-0.15, -0.1) is 0 Å². The third-order valence-electron chi connectivity index (χ3n) is 7.98. The summed E-state index contributed by atoms with van der Waals surface area (Å²) in [4.78, 5) is 8.38. The number of fused-ring (bicyclic) bond motifs is 3. The number of hydrogen-bond donors (Lipinski definition) is 0. The molecule has 0 saturated heterocycles. The van der Waals surface area contributed by atoms with Crippen LogP contribution in [0, 0.1) is 17.9 Å². The van der Waals surface area contributed by atoms with Gasteiger partial charge >= 0.3 is 5.54 Å². The van der Waals surface area contributed by atoms with E-state index in [1.807, 2.05) is 84.9 Å². The minimum absolute atomic E-state index is 0.706. The summed E-state index contributed by atoms with van der Waals surface area (Å²) in [7, 11) is 0. The fourth-order valence-corrected chi connectivity index (χ4v) is 6.02. The molecule has 0 radical (unpaired) electrons. The first-order valence-electron chi connectivity index (χ1n) is 14.1. The zero-order valence-corrected chi connectivity index (χ0v) is 23.3. The Morgan fingerprint density at radius 3 is 1.07 bits per heavy atom. The van der Waals surface area contributed by atoms with Gasteiger partial charge in [-0.05, 0) is 83.9 Å². The summed E-state index contributed by atoms with van der Waals surface area (Å²) in [5.74, 6) is 0. The Bertz CT molecular complexity index is 1760. The van der Waals surface area contributed by atoms with Gasteiger partial charge in [0.25, 0.3) is 0 Å². The van der Waals surface area contributed by atoms with Gasteiger partial charge in [0.2, 0.25) is 0 Å². The highest BCUT2D eigenvalue weighted by Crippen LogP contribution is 2.53. The summed E-state index contributed by atoms with van der Waals surface area (Å²) >= 11 is 0. The zero-order chi connectivity index (χ0) is 29.2. The fraction of sp³-hybridized carbons (Fsp3) is 0.0256. The Morgan fingerprint density at radius 2 is 0.791 bits per heavy atom. The van der Waals surface area contributed by atoms with Gasteiger partial charge in [-0.2, -0.15) is 5.26 Å². The van der Waals surface area contributed by atoms with Crippen molar-refractivity contribution in [2.75, 3.05) is 9.80 Å².